The number of fused-ring (bicyclic) bond motifs is 3. The van der Waals surface area contributed by atoms with Gasteiger partial charge in [0.1, 0.15) is 0 Å². The van der Waals surface area contributed by atoms with E-state index in [-0.39, 0.29) is 6.04 Å². The average molecular weight is 302 g/mol. The first kappa shape index (κ1) is 14.1. The molecule has 3 aromatic rings. The van der Waals surface area contributed by atoms with E-state index in [1.807, 2.05) is 12.1 Å². The van der Waals surface area contributed by atoms with Crippen molar-refractivity contribution in [2.45, 2.75) is 12.1 Å². The van der Waals surface area contributed by atoms with Crippen LogP contribution in [0.25, 0.3) is 11.1 Å². The van der Waals surface area contributed by atoms with Gasteiger partial charge < -0.3 is 10.4 Å². The number of aliphatic hydroxyl groups excluding tert-OH is 1. The highest BCUT2D eigenvalue weighted by Gasteiger charge is 2.27. The van der Waals surface area contributed by atoms with E-state index in [0.29, 0.717) is 6.54 Å². The van der Waals surface area contributed by atoms with Crippen molar-refractivity contribution in [3.05, 3.63) is 89.7 Å². The molecule has 1 heterocycles. The summed E-state index contributed by atoms with van der Waals surface area (Å²) >= 11 is 0. The predicted octanol–water partition coefficient (Wildman–Crippen LogP) is 3.47. The van der Waals surface area contributed by atoms with Gasteiger partial charge in [-0.3, -0.25) is 4.98 Å². The second-order valence-electron chi connectivity index (χ2n) is 5.81. The molecule has 2 aromatic carbocycles. The Bertz CT molecular complexity index is 771. The molecule has 0 saturated carbocycles. The van der Waals surface area contributed by atoms with Gasteiger partial charge in [-0.1, -0.05) is 48.5 Å². The van der Waals surface area contributed by atoms with Crippen LogP contribution in [0.4, 0.5) is 0 Å². The number of aromatic nitrogens is 1. The fraction of sp³-hybridized carbons (Fsp3) is 0.150. The molecule has 0 radical (unpaired) electrons. The summed E-state index contributed by atoms with van der Waals surface area (Å²) in [5, 5.41) is 13.9. The van der Waals surface area contributed by atoms with E-state index in [1.165, 1.54) is 22.3 Å². The van der Waals surface area contributed by atoms with Crippen LogP contribution < -0.4 is 5.32 Å². The highest BCUT2D eigenvalue weighted by Crippen LogP contribution is 2.43. The maximum Gasteiger partial charge on any atom is 0.0915 e. The Labute approximate surface area is 135 Å². The number of benzene rings is 2. The Morgan fingerprint density at radius 3 is 2.04 bits per heavy atom. The minimum absolute atomic E-state index is 0.124. The largest absolute Gasteiger partial charge is 0.387 e. The van der Waals surface area contributed by atoms with Crippen molar-refractivity contribution in [2.75, 3.05) is 6.54 Å². The van der Waals surface area contributed by atoms with Gasteiger partial charge in [0.2, 0.25) is 0 Å². The van der Waals surface area contributed by atoms with Crippen molar-refractivity contribution >= 4 is 0 Å². The summed E-state index contributed by atoms with van der Waals surface area (Å²) in [6.45, 7) is 0.497. The van der Waals surface area contributed by atoms with Gasteiger partial charge in [-0.2, -0.15) is 0 Å². The lowest BCUT2D eigenvalue weighted by molar-refractivity contribution is 0.172. The monoisotopic (exact) mass is 302 g/mol. The molecule has 1 aromatic heterocycles. The third kappa shape index (κ3) is 2.54. The molecule has 0 saturated heterocycles. The summed E-state index contributed by atoms with van der Waals surface area (Å²) in [5.41, 5.74) is 5.98. The Balaban J connectivity index is 1.60. The second-order valence-corrected chi connectivity index (χ2v) is 5.81. The molecule has 3 heteroatoms. The third-order valence-corrected chi connectivity index (χ3v) is 4.44. The van der Waals surface area contributed by atoms with Crippen LogP contribution in [0, 0.1) is 0 Å². The van der Waals surface area contributed by atoms with Crippen LogP contribution in [0.1, 0.15) is 28.8 Å². The number of nitrogens with zero attached hydrogens (tertiary/aromatic N) is 1. The van der Waals surface area contributed by atoms with Gasteiger partial charge in [0.15, 0.2) is 0 Å². The first-order valence-electron chi connectivity index (χ1n) is 7.84. The summed E-state index contributed by atoms with van der Waals surface area (Å²) < 4.78 is 0. The molecule has 3 nitrogen and oxygen atoms in total. The standard InChI is InChI=1S/C20H18N2O/c23-19(14-9-11-21-12-10-14)13-22-20-17-7-3-1-5-15(17)16-6-2-4-8-18(16)20/h1-12,19-20,22-23H,13H2/t19-/m1/s1. The number of hydrogen-bond donors (Lipinski definition) is 2. The molecule has 2 N–H and O–H groups in total. The lowest BCUT2D eigenvalue weighted by Crippen LogP contribution is -2.26. The summed E-state index contributed by atoms with van der Waals surface area (Å²) in [6.07, 6.45) is 2.87. The molecule has 0 spiro atoms. The van der Waals surface area contributed by atoms with Crippen LogP contribution in [0.5, 0.6) is 0 Å². The molecule has 0 bridgehead atoms. The summed E-state index contributed by atoms with van der Waals surface area (Å²) in [7, 11) is 0. The van der Waals surface area contributed by atoms with Gasteiger partial charge in [-0.05, 0) is 39.9 Å². The summed E-state index contributed by atoms with van der Waals surface area (Å²) in [5.74, 6) is 0. The maximum absolute atomic E-state index is 10.4. The van der Waals surface area contributed by atoms with Crippen LogP contribution in [0.3, 0.4) is 0 Å². The molecule has 0 aliphatic heterocycles. The lowest BCUT2D eigenvalue weighted by atomic mass is 10.0. The van der Waals surface area contributed by atoms with Crippen molar-refractivity contribution in [3.63, 3.8) is 0 Å². The van der Waals surface area contributed by atoms with E-state index in [1.54, 1.807) is 12.4 Å². The zero-order valence-corrected chi connectivity index (χ0v) is 12.7. The number of hydrogen-bond acceptors (Lipinski definition) is 3. The molecule has 1 atom stereocenters. The minimum Gasteiger partial charge on any atom is -0.387 e. The van der Waals surface area contributed by atoms with Crippen LogP contribution in [0.2, 0.25) is 0 Å². The molecule has 0 unspecified atom stereocenters. The van der Waals surface area contributed by atoms with Gasteiger partial charge in [0, 0.05) is 18.9 Å². The Morgan fingerprint density at radius 1 is 0.870 bits per heavy atom. The lowest BCUT2D eigenvalue weighted by Gasteiger charge is -2.19. The van der Waals surface area contributed by atoms with Crippen LogP contribution >= 0.6 is 0 Å². The predicted molar refractivity (Wildman–Crippen MR) is 90.9 cm³/mol. The quantitative estimate of drug-likeness (QED) is 0.775. The third-order valence-electron chi connectivity index (χ3n) is 4.44. The second kappa shape index (κ2) is 5.95. The summed E-state index contributed by atoms with van der Waals surface area (Å²) in [6, 6.07) is 20.7. The van der Waals surface area contributed by atoms with Crippen LogP contribution in [-0.2, 0) is 0 Å². The highest BCUT2D eigenvalue weighted by atomic mass is 16.3. The normalized spacial score (nSPS) is 14.3. The fourth-order valence-corrected chi connectivity index (χ4v) is 3.31. The zero-order chi connectivity index (χ0) is 15.6. The van der Waals surface area contributed by atoms with E-state index in [2.05, 4.69) is 58.8 Å². The fourth-order valence-electron chi connectivity index (χ4n) is 3.31. The minimum atomic E-state index is -0.544. The highest BCUT2D eigenvalue weighted by molar-refractivity contribution is 5.78. The average Bonchev–Trinajstić information content (AvgIpc) is 2.94. The molecule has 114 valence electrons. The maximum atomic E-state index is 10.4. The van der Waals surface area contributed by atoms with Crippen molar-refractivity contribution < 1.29 is 5.11 Å². The van der Waals surface area contributed by atoms with Crippen molar-refractivity contribution in [2.24, 2.45) is 0 Å². The first-order chi connectivity index (χ1) is 11.3. The Kier molecular flexibility index (Phi) is 3.66. The molecule has 23 heavy (non-hydrogen) atoms. The number of rotatable bonds is 4. The van der Waals surface area contributed by atoms with Crippen molar-refractivity contribution in [1.29, 1.82) is 0 Å². The van der Waals surface area contributed by atoms with Crippen LogP contribution in [0.15, 0.2) is 73.1 Å². The molecule has 0 amide bonds. The van der Waals surface area contributed by atoms with Crippen LogP contribution in [-0.4, -0.2) is 16.6 Å². The van der Waals surface area contributed by atoms with Crippen molar-refractivity contribution in [3.8, 4) is 11.1 Å². The Morgan fingerprint density at radius 2 is 1.43 bits per heavy atom. The van der Waals surface area contributed by atoms with E-state index in [0.717, 1.165) is 5.56 Å². The van der Waals surface area contributed by atoms with Gasteiger partial charge in [0.05, 0.1) is 12.1 Å². The SMILES string of the molecule is O[C@H](CNC1c2ccccc2-c2ccccc21)c1ccncc1. The number of pyridine rings is 1. The van der Waals surface area contributed by atoms with E-state index in [4.69, 9.17) is 0 Å². The van der Waals surface area contributed by atoms with E-state index < -0.39 is 6.10 Å². The Hall–Kier alpha value is -2.49. The molecule has 4 rings (SSSR count). The molecule has 1 aliphatic carbocycles. The smallest absolute Gasteiger partial charge is 0.0915 e. The topological polar surface area (TPSA) is 45.1 Å². The number of aliphatic hydroxyl groups is 1. The molecule has 1 aliphatic rings. The van der Waals surface area contributed by atoms with Gasteiger partial charge in [-0.15, -0.1) is 0 Å². The van der Waals surface area contributed by atoms with Gasteiger partial charge in [0.25, 0.3) is 0 Å². The summed E-state index contributed by atoms with van der Waals surface area (Å²) in [4.78, 5) is 3.99. The number of nitrogens with one attached hydrogen (secondary N) is 1. The molecular weight excluding hydrogens is 284 g/mol. The van der Waals surface area contributed by atoms with Gasteiger partial charge in [-0.25, -0.2) is 0 Å². The molecule has 0 fully saturated rings. The van der Waals surface area contributed by atoms with Gasteiger partial charge >= 0.3 is 0 Å². The zero-order valence-electron chi connectivity index (χ0n) is 12.7. The first-order valence-corrected chi connectivity index (χ1v) is 7.84. The van der Waals surface area contributed by atoms with Crippen molar-refractivity contribution in [1.82, 2.24) is 10.3 Å². The molecular formula is C20H18N2O. The van der Waals surface area contributed by atoms with E-state index in [9.17, 15) is 5.11 Å². The van der Waals surface area contributed by atoms with E-state index >= 15 is 0 Å².